The van der Waals surface area contributed by atoms with Crippen molar-refractivity contribution in [2.75, 3.05) is 4.72 Å². The molecule has 0 saturated heterocycles. The van der Waals surface area contributed by atoms with Gasteiger partial charge in [-0.05, 0) is 46.3 Å². The predicted molar refractivity (Wildman–Crippen MR) is 84.0 cm³/mol. The smallest absolute Gasteiger partial charge is 0.262 e. The van der Waals surface area contributed by atoms with Gasteiger partial charge in [-0.1, -0.05) is 27.5 Å². The minimum Gasteiger partial charge on any atom is -0.274 e. The molecule has 0 aromatic heterocycles. The lowest BCUT2D eigenvalue weighted by atomic mass is 10.3. The number of halogens is 5. The molecule has 9 heteroatoms. The van der Waals surface area contributed by atoms with E-state index in [-0.39, 0.29) is 9.37 Å². The largest absolute Gasteiger partial charge is 0.274 e. The molecule has 21 heavy (non-hydrogen) atoms. The standard InChI is InChI=1S/C12H6Br2ClF2NO2S/c13-6-3-10(16)12(11(17)4-6)18-21(19,20)7-1-2-9(15)8(14)5-7/h1-5,18H. The third kappa shape index (κ3) is 3.74. The molecule has 1 N–H and O–H groups in total. The molecule has 0 radical (unpaired) electrons. The van der Waals surface area contributed by atoms with E-state index in [1.807, 2.05) is 4.72 Å². The lowest BCUT2D eigenvalue weighted by Gasteiger charge is -2.11. The molecule has 0 bridgehead atoms. The number of benzene rings is 2. The van der Waals surface area contributed by atoms with Crippen LogP contribution in [0.15, 0.2) is 44.2 Å². The first-order valence-corrected chi connectivity index (χ1v) is 8.78. The lowest BCUT2D eigenvalue weighted by Crippen LogP contribution is -2.15. The molecule has 0 atom stereocenters. The monoisotopic (exact) mass is 459 g/mol. The van der Waals surface area contributed by atoms with Crippen LogP contribution in [0.1, 0.15) is 0 Å². The zero-order valence-corrected chi connectivity index (χ0v) is 14.7. The molecule has 0 spiro atoms. The molecule has 0 aliphatic heterocycles. The van der Waals surface area contributed by atoms with Crippen molar-refractivity contribution in [2.45, 2.75) is 4.90 Å². The van der Waals surface area contributed by atoms with Gasteiger partial charge in [0.05, 0.1) is 9.92 Å². The van der Waals surface area contributed by atoms with Crippen LogP contribution in [0.25, 0.3) is 0 Å². The van der Waals surface area contributed by atoms with Gasteiger partial charge >= 0.3 is 0 Å². The maximum atomic E-state index is 13.7. The van der Waals surface area contributed by atoms with Gasteiger partial charge in [-0.3, -0.25) is 4.72 Å². The van der Waals surface area contributed by atoms with E-state index in [9.17, 15) is 17.2 Å². The number of anilines is 1. The summed E-state index contributed by atoms with van der Waals surface area (Å²) < 4.78 is 54.0. The highest BCUT2D eigenvalue weighted by atomic mass is 79.9. The maximum absolute atomic E-state index is 13.7. The fraction of sp³-hybridized carbons (Fsp3) is 0. The summed E-state index contributed by atoms with van der Waals surface area (Å²) >= 11 is 11.8. The molecule has 0 amide bonds. The van der Waals surface area contributed by atoms with Crippen molar-refractivity contribution in [3.05, 3.63) is 55.9 Å². The molecular formula is C12H6Br2ClF2NO2S. The van der Waals surface area contributed by atoms with Crippen LogP contribution in [0.3, 0.4) is 0 Å². The molecule has 0 aliphatic carbocycles. The Kier molecular flexibility index (Phi) is 4.92. The molecule has 0 aliphatic rings. The maximum Gasteiger partial charge on any atom is 0.262 e. The topological polar surface area (TPSA) is 46.2 Å². The average molecular weight is 462 g/mol. The van der Waals surface area contributed by atoms with E-state index in [0.29, 0.717) is 9.50 Å². The van der Waals surface area contributed by atoms with Gasteiger partial charge in [-0.15, -0.1) is 0 Å². The Balaban J connectivity index is 2.44. The summed E-state index contributed by atoms with van der Waals surface area (Å²) in [5.41, 5.74) is -0.746. The van der Waals surface area contributed by atoms with Crippen LogP contribution < -0.4 is 4.72 Å². The zero-order chi connectivity index (χ0) is 15.8. The van der Waals surface area contributed by atoms with Crippen molar-refractivity contribution in [1.82, 2.24) is 0 Å². The zero-order valence-electron chi connectivity index (χ0n) is 10.0. The van der Waals surface area contributed by atoms with Crippen LogP contribution in [0, 0.1) is 11.6 Å². The third-order valence-corrected chi connectivity index (χ3v) is 5.46. The molecule has 0 saturated carbocycles. The average Bonchev–Trinajstić information content (AvgIpc) is 2.37. The first-order chi connectivity index (χ1) is 9.70. The number of rotatable bonds is 3. The molecular weight excluding hydrogens is 455 g/mol. The Morgan fingerprint density at radius 2 is 1.62 bits per heavy atom. The fourth-order valence-corrected chi connectivity index (χ4v) is 3.63. The highest BCUT2D eigenvalue weighted by molar-refractivity contribution is 9.10. The van der Waals surface area contributed by atoms with E-state index < -0.39 is 27.3 Å². The first kappa shape index (κ1) is 16.7. The number of sulfonamides is 1. The summed E-state index contributed by atoms with van der Waals surface area (Å²) in [5, 5.41) is 0.315. The number of hydrogen-bond acceptors (Lipinski definition) is 2. The normalized spacial score (nSPS) is 11.5. The summed E-state index contributed by atoms with van der Waals surface area (Å²) in [6.45, 7) is 0. The van der Waals surface area contributed by atoms with E-state index >= 15 is 0 Å². The van der Waals surface area contributed by atoms with E-state index in [2.05, 4.69) is 31.9 Å². The van der Waals surface area contributed by atoms with Crippen molar-refractivity contribution >= 4 is 59.2 Å². The first-order valence-electron chi connectivity index (χ1n) is 5.33. The molecule has 2 rings (SSSR count). The van der Waals surface area contributed by atoms with Gasteiger partial charge in [0.2, 0.25) is 0 Å². The van der Waals surface area contributed by atoms with E-state index in [4.69, 9.17) is 11.6 Å². The van der Waals surface area contributed by atoms with Crippen LogP contribution >= 0.6 is 43.5 Å². The Morgan fingerprint density at radius 1 is 1.05 bits per heavy atom. The van der Waals surface area contributed by atoms with Gasteiger partial charge in [-0.2, -0.15) is 0 Å². The second-order valence-corrected chi connectivity index (χ2v) is 7.79. The SMILES string of the molecule is O=S(=O)(Nc1c(F)cc(Br)cc1F)c1ccc(Cl)c(Br)c1. The van der Waals surface area contributed by atoms with E-state index in [1.165, 1.54) is 18.2 Å². The van der Waals surface area contributed by atoms with Gasteiger partial charge < -0.3 is 0 Å². The molecule has 0 unspecified atom stereocenters. The highest BCUT2D eigenvalue weighted by Crippen LogP contribution is 2.29. The van der Waals surface area contributed by atoms with Crippen molar-refractivity contribution < 1.29 is 17.2 Å². The molecule has 2 aromatic carbocycles. The molecule has 0 heterocycles. The third-order valence-electron chi connectivity index (χ3n) is 2.44. The van der Waals surface area contributed by atoms with Gasteiger partial charge in [-0.25, -0.2) is 17.2 Å². The summed E-state index contributed by atoms with van der Waals surface area (Å²) in [5.74, 6) is -2.06. The van der Waals surface area contributed by atoms with Crippen molar-refractivity contribution in [1.29, 1.82) is 0 Å². The Hall–Kier alpha value is -0.700. The van der Waals surface area contributed by atoms with Crippen LogP contribution in [0.4, 0.5) is 14.5 Å². The Labute approximate surface area is 141 Å². The van der Waals surface area contributed by atoms with Gasteiger partial charge in [0.25, 0.3) is 10.0 Å². The summed E-state index contributed by atoms with van der Waals surface area (Å²) in [4.78, 5) is -0.180. The number of hydrogen-bond donors (Lipinski definition) is 1. The Morgan fingerprint density at radius 3 is 2.14 bits per heavy atom. The van der Waals surface area contributed by atoms with Crippen LogP contribution in [-0.2, 0) is 10.0 Å². The van der Waals surface area contributed by atoms with Crippen LogP contribution in [-0.4, -0.2) is 8.42 Å². The van der Waals surface area contributed by atoms with Crippen LogP contribution in [0.2, 0.25) is 5.02 Å². The van der Waals surface area contributed by atoms with Crippen molar-refractivity contribution in [3.63, 3.8) is 0 Å². The highest BCUT2D eigenvalue weighted by Gasteiger charge is 2.20. The second-order valence-electron chi connectivity index (χ2n) is 3.93. The molecule has 2 aromatic rings. The summed E-state index contributed by atoms with van der Waals surface area (Å²) in [6.07, 6.45) is 0. The Bertz CT molecular complexity index is 792. The van der Waals surface area contributed by atoms with Gasteiger partial charge in [0.1, 0.15) is 5.69 Å². The molecule has 0 fully saturated rings. The fourth-order valence-electron chi connectivity index (χ4n) is 1.48. The lowest BCUT2D eigenvalue weighted by molar-refractivity contribution is 0.582. The molecule has 112 valence electrons. The van der Waals surface area contributed by atoms with E-state index in [1.54, 1.807) is 0 Å². The number of nitrogens with one attached hydrogen (secondary N) is 1. The van der Waals surface area contributed by atoms with Gasteiger partial charge in [0.15, 0.2) is 11.6 Å². The minimum atomic E-state index is -4.14. The van der Waals surface area contributed by atoms with Crippen LogP contribution in [0.5, 0.6) is 0 Å². The predicted octanol–water partition coefficient (Wildman–Crippen LogP) is 4.94. The van der Waals surface area contributed by atoms with Crippen molar-refractivity contribution in [2.24, 2.45) is 0 Å². The summed E-state index contributed by atoms with van der Waals surface area (Å²) in [7, 11) is -4.14. The molecule has 3 nitrogen and oxygen atoms in total. The summed E-state index contributed by atoms with van der Waals surface area (Å²) in [6, 6.07) is 5.73. The van der Waals surface area contributed by atoms with E-state index in [0.717, 1.165) is 12.1 Å². The van der Waals surface area contributed by atoms with Gasteiger partial charge in [0, 0.05) is 8.95 Å². The second kappa shape index (κ2) is 6.20. The quantitative estimate of drug-likeness (QED) is 0.704. The van der Waals surface area contributed by atoms with Crippen molar-refractivity contribution in [3.8, 4) is 0 Å². The minimum absolute atomic E-state index is 0.162.